The summed E-state index contributed by atoms with van der Waals surface area (Å²) < 4.78 is 28.4. The van der Waals surface area contributed by atoms with E-state index >= 15 is 0 Å². The molecule has 1 aliphatic carbocycles. The maximum Gasteiger partial charge on any atom is 0.408 e. The van der Waals surface area contributed by atoms with Crippen molar-refractivity contribution in [3.8, 4) is 17.2 Å². The van der Waals surface area contributed by atoms with Gasteiger partial charge in [-0.3, -0.25) is 0 Å². The molecular weight excluding hydrogens is 434 g/mol. The Hall–Kier alpha value is -2.57. The smallest absolute Gasteiger partial charge is 0.408 e. The molecule has 1 heterocycles. The van der Waals surface area contributed by atoms with Crippen LogP contribution in [0, 0.1) is 11.8 Å². The van der Waals surface area contributed by atoms with Crippen molar-refractivity contribution in [2.24, 2.45) is 11.8 Å². The quantitative estimate of drug-likeness (QED) is 0.498. The molecule has 0 radical (unpaired) electrons. The summed E-state index contributed by atoms with van der Waals surface area (Å²) in [7, 11) is 4.85. The van der Waals surface area contributed by atoms with Gasteiger partial charge in [-0.25, -0.2) is 4.79 Å². The Morgan fingerprint density at radius 1 is 1.06 bits per heavy atom. The van der Waals surface area contributed by atoms with Crippen LogP contribution in [-0.4, -0.2) is 45.2 Å². The summed E-state index contributed by atoms with van der Waals surface area (Å²) >= 11 is 0. The molecule has 1 amide bonds. The Bertz CT molecular complexity index is 840. The first-order valence-corrected chi connectivity index (χ1v) is 12.3. The van der Waals surface area contributed by atoms with Gasteiger partial charge in [-0.2, -0.15) is 0 Å². The van der Waals surface area contributed by atoms with Gasteiger partial charge in [-0.05, 0) is 57.2 Å². The Morgan fingerprint density at radius 3 is 2.38 bits per heavy atom. The van der Waals surface area contributed by atoms with E-state index in [0.29, 0.717) is 29.6 Å². The molecule has 34 heavy (non-hydrogen) atoms. The van der Waals surface area contributed by atoms with Crippen molar-refractivity contribution in [2.75, 3.05) is 21.3 Å². The van der Waals surface area contributed by atoms with Crippen molar-refractivity contribution >= 4 is 6.09 Å². The van der Waals surface area contributed by atoms with Gasteiger partial charge in [-0.1, -0.05) is 38.2 Å². The molecule has 0 aromatic heterocycles. The van der Waals surface area contributed by atoms with Gasteiger partial charge in [0.15, 0.2) is 11.5 Å². The topological polar surface area (TPSA) is 75.3 Å². The second-order valence-electron chi connectivity index (χ2n) is 10.3. The van der Waals surface area contributed by atoms with Gasteiger partial charge in [0.05, 0.1) is 33.6 Å². The van der Waals surface area contributed by atoms with E-state index in [9.17, 15) is 4.79 Å². The summed E-state index contributed by atoms with van der Waals surface area (Å²) in [6.07, 6.45) is 11.0. The number of hydrogen-bond donors (Lipinski definition) is 1. The number of alkyl carbamates (subject to hydrolysis) is 1. The van der Waals surface area contributed by atoms with Crippen LogP contribution < -0.4 is 19.5 Å². The zero-order valence-corrected chi connectivity index (χ0v) is 21.5. The van der Waals surface area contributed by atoms with E-state index < -0.39 is 11.7 Å². The molecule has 2 aliphatic rings. The van der Waals surface area contributed by atoms with Gasteiger partial charge < -0.3 is 29.0 Å². The summed E-state index contributed by atoms with van der Waals surface area (Å²) in [5.74, 6) is 2.50. The van der Waals surface area contributed by atoms with Gasteiger partial charge >= 0.3 is 6.09 Å². The van der Waals surface area contributed by atoms with Crippen LogP contribution in [0.25, 0.3) is 0 Å². The summed E-state index contributed by atoms with van der Waals surface area (Å²) in [6.45, 7) is 5.63. The SMILES string of the molecule is COc1ccc(C[C@@H]2C=CO[C@@H]2[C@H](CC2CCCCC2)NC(=O)OC(C)(C)C)c(OC)c1OC. The third-order valence-corrected chi connectivity index (χ3v) is 6.64. The molecular formula is C27H41NO6. The third kappa shape index (κ3) is 6.73. The minimum atomic E-state index is -0.555. The van der Waals surface area contributed by atoms with E-state index in [1.54, 1.807) is 27.6 Å². The normalized spacial score (nSPS) is 21.5. The first-order chi connectivity index (χ1) is 16.3. The number of rotatable bonds is 9. The summed E-state index contributed by atoms with van der Waals surface area (Å²) in [4.78, 5) is 12.7. The fourth-order valence-corrected chi connectivity index (χ4v) is 5.12. The zero-order chi connectivity index (χ0) is 24.7. The number of carbonyl (C=O) groups excluding carboxylic acids is 1. The largest absolute Gasteiger partial charge is 0.496 e. The fraction of sp³-hybridized carbons (Fsp3) is 0.667. The van der Waals surface area contributed by atoms with Gasteiger partial charge in [0, 0.05) is 5.92 Å². The Balaban J connectivity index is 1.81. The van der Waals surface area contributed by atoms with E-state index in [4.69, 9.17) is 23.7 Å². The molecule has 7 nitrogen and oxygen atoms in total. The first kappa shape index (κ1) is 26.0. The minimum Gasteiger partial charge on any atom is -0.496 e. The molecule has 1 saturated carbocycles. The molecule has 1 aromatic carbocycles. The third-order valence-electron chi connectivity index (χ3n) is 6.64. The summed E-state index contributed by atoms with van der Waals surface area (Å²) in [5.41, 5.74) is 0.444. The molecule has 1 fully saturated rings. The molecule has 0 spiro atoms. The van der Waals surface area contributed by atoms with Crippen LogP contribution in [0.4, 0.5) is 4.79 Å². The lowest BCUT2D eigenvalue weighted by molar-refractivity contribution is 0.0341. The standard InChI is InChI=1S/C27H41NO6/c1-27(2,3)34-26(29)28-21(16-18-10-8-7-9-11-18)23-20(14-15-33-23)17-19-12-13-22(30-4)25(32-6)24(19)31-5/h12-15,18,20-21,23H,7-11,16-17H2,1-6H3,(H,28,29)/t20-,21-,23-/m0/s1. The van der Waals surface area contributed by atoms with Crippen LogP contribution in [0.15, 0.2) is 24.5 Å². The lowest BCUT2D eigenvalue weighted by atomic mass is 9.81. The maximum atomic E-state index is 12.7. The highest BCUT2D eigenvalue weighted by molar-refractivity contribution is 5.68. The molecule has 3 atom stereocenters. The highest BCUT2D eigenvalue weighted by Crippen LogP contribution is 2.42. The molecule has 1 aliphatic heterocycles. The van der Waals surface area contributed by atoms with Crippen molar-refractivity contribution in [2.45, 2.75) is 83.5 Å². The molecule has 7 heteroatoms. The van der Waals surface area contributed by atoms with Crippen LogP contribution in [0.3, 0.4) is 0 Å². The van der Waals surface area contributed by atoms with Gasteiger partial charge in [0.25, 0.3) is 0 Å². The summed E-state index contributed by atoms with van der Waals surface area (Å²) in [5, 5.41) is 3.15. The Kier molecular flexibility index (Phi) is 8.97. The molecule has 0 bridgehead atoms. The molecule has 1 aromatic rings. The number of amides is 1. The number of carbonyl (C=O) groups is 1. The van der Waals surface area contributed by atoms with Gasteiger partial charge in [0.2, 0.25) is 5.75 Å². The number of methoxy groups -OCH3 is 3. The zero-order valence-electron chi connectivity index (χ0n) is 21.5. The Labute approximate surface area is 204 Å². The molecule has 0 unspecified atom stereocenters. The molecule has 0 saturated heterocycles. The molecule has 190 valence electrons. The van der Waals surface area contributed by atoms with E-state index in [1.165, 1.54) is 32.1 Å². The van der Waals surface area contributed by atoms with E-state index in [2.05, 4.69) is 11.4 Å². The van der Waals surface area contributed by atoms with E-state index in [0.717, 1.165) is 12.0 Å². The number of nitrogens with one attached hydrogen (secondary N) is 1. The number of benzene rings is 1. The van der Waals surface area contributed by atoms with Gasteiger partial charge in [-0.15, -0.1) is 0 Å². The fourth-order valence-electron chi connectivity index (χ4n) is 5.12. The van der Waals surface area contributed by atoms with Crippen molar-refractivity contribution in [3.05, 3.63) is 30.0 Å². The maximum absolute atomic E-state index is 12.7. The first-order valence-electron chi connectivity index (χ1n) is 12.3. The van der Waals surface area contributed by atoms with Crippen LogP contribution in [0.1, 0.15) is 64.9 Å². The molecule has 3 rings (SSSR count). The lowest BCUT2D eigenvalue weighted by Crippen LogP contribution is -2.48. The highest BCUT2D eigenvalue weighted by atomic mass is 16.6. The Morgan fingerprint density at radius 2 is 1.76 bits per heavy atom. The van der Waals surface area contributed by atoms with Crippen LogP contribution in [0.2, 0.25) is 0 Å². The predicted octanol–water partition coefficient (Wildman–Crippen LogP) is 5.65. The second-order valence-corrected chi connectivity index (χ2v) is 10.3. The van der Waals surface area contributed by atoms with E-state index in [1.807, 2.05) is 32.9 Å². The number of hydrogen-bond acceptors (Lipinski definition) is 6. The average Bonchev–Trinajstić information content (AvgIpc) is 3.25. The average molecular weight is 476 g/mol. The minimum absolute atomic E-state index is 0.0653. The van der Waals surface area contributed by atoms with Gasteiger partial charge in [0.1, 0.15) is 11.7 Å². The van der Waals surface area contributed by atoms with Crippen molar-refractivity contribution < 1.29 is 28.5 Å². The molecule has 1 N–H and O–H groups in total. The van der Waals surface area contributed by atoms with Crippen molar-refractivity contribution in [3.63, 3.8) is 0 Å². The lowest BCUT2D eigenvalue weighted by Gasteiger charge is -2.33. The van der Waals surface area contributed by atoms with Crippen LogP contribution in [-0.2, 0) is 15.9 Å². The number of ether oxygens (including phenoxy) is 5. The van der Waals surface area contributed by atoms with E-state index in [-0.39, 0.29) is 18.1 Å². The monoisotopic (exact) mass is 475 g/mol. The van der Waals surface area contributed by atoms with Crippen molar-refractivity contribution in [1.29, 1.82) is 0 Å². The van der Waals surface area contributed by atoms with Crippen molar-refractivity contribution in [1.82, 2.24) is 5.32 Å². The van der Waals surface area contributed by atoms with Crippen LogP contribution in [0.5, 0.6) is 17.2 Å². The second kappa shape index (κ2) is 11.7. The highest BCUT2D eigenvalue weighted by Gasteiger charge is 2.37. The summed E-state index contributed by atoms with van der Waals surface area (Å²) in [6, 6.07) is 3.74. The van der Waals surface area contributed by atoms with Crippen LogP contribution >= 0.6 is 0 Å². The predicted molar refractivity (Wildman–Crippen MR) is 132 cm³/mol.